The first-order chi connectivity index (χ1) is 6.31. The van der Waals surface area contributed by atoms with Gasteiger partial charge < -0.3 is 4.74 Å². The van der Waals surface area contributed by atoms with Gasteiger partial charge in [0.1, 0.15) is 0 Å². The average molecular weight is 186 g/mol. The van der Waals surface area contributed by atoms with E-state index >= 15 is 0 Å². The van der Waals surface area contributed by atoms with Gasteiger partial charge in [-0.25, -0.2) is 0 Å². The monoisotopic (exact) mass is 186 g/mol. The Labute approximate surface area is 83.9 Å². The second-order valence-electron chi connectivity index (χ2n) is 3.82. The first-order valence-electron chi connectivity index (χ1n) is 5.92. The molecule has 0 aliphatic heterocycles. The van der Waals surface area contributed by atoms with Crippen LogP contribution in [0, 0.1) is 0 Å². The highest BCUT2D eigenvalue weighted by molar-refractivity contribution is 4.51. The molecule has 0 aromatic carbocycles. The van der Waals surface area contributed by atoms with Gasteiger partial charge in [-0.15, -0.1) is 0 Å². The molecule has 1 heteroatoms. The summed E-state index contributed by atoms with van der Waals surface area (Å²) in [6.07, 6.45) is 10.0. The summed E-state index contributed by atoms with van der Waals surface area (Å²) in [7, 11) is 0. The van der Waals surface area contributed by atoms with Gasteiger partial charge in [-0.05, 0) is 20.3 Å². The Morgan fingerprint density at radius 2 is 1.54 bits per heavy atom. The Hall–Kier alpha value is -0.0400. The zero-order valence-electron chi connectivity index (χ0n) is 9.64. The predicted octanol–water partition coefficient (Wildman–Crippen LogP) is 4.16. The van der Waals surface area contributed by atoms with Gasteiger partial charge in [-0.1, -0.05) is 45.4 Å². The molecular weight excluding hydrogens is 160 g/mol. The summed E-state index contributed by atoms with van der Waals surface area (Å²) in [5.74, 6) is 0. The van der Waals surface area contributed by atoms with Crippen molar-refractivity contribution in [2.45, 2.75) is 71.8 Å². The molecule has 0 radical (unpaired) electrons. The standard InChI is InChI=1S/C12H26O/c1-4-6-7-8-9-10-11-12(3)13-5-2/h12H,4-11H2,1-3H3. The summed E-state index contributed by atoms with van der Waals surface area (Å²) in [5.41, 5.74) is 0. The normalized spacial score (nSPS) is 13.2. The maximum absolute atomic E-state index is 5.47. The fraction of sp³-hybridized carbons (Fsp3) is 1.00. The Kier molecular flexibility index (Phi) is 10.0. The van der Waals surface area contributed by atoms with Crippen molar-refractivity contribution >= 4 is 0 Å². The van der Waals surface area contributed by atoms with E-state index in [1.54, 1.807) is 0 Å². The van der Waals surface area contributed by atoms with Crippen molar-refractivity contribution in [1.82, 2.24) is 0 Å². The van der Waals surface area contributed by atoms with E-state index in [0.29, 0.717) is 6.10 Å². The van der Waals surface area contributed by atoms with Gasteiger partial charge in [-0.3, -0.25) is 0 Å². The third-order valence-electron chi connectivity index (χ3n) is 2.42. The van der Waals surface area contributed by atoms with Crippen molar-refractivity contribution in [3.63, 3.8) is 0 Å². The lowest BCUT2D eigenvalue weighted by atomic mass is 10.1. The minimum Gasteiger partial charge on any atom is -0.379 e. The molecule has 0 fully saturated rings. The van der Waals surface area contributed by atoms with Crippen molar-refractivity contribution in [2.24, 2.45) is 0 Å². The van der Waals surface area contributed by atoms with Crippen LogP contribution in [0.5, 0.6) is 0 Å². The molecule has 0 heterocycles. The fourth-order valence-electron chi connectivity index (χ4n) is 1.58. The molecule has 13 heavy (non-hydrogen) atoms. The Bertz CT molecular complexity index is 91.1. The minimum atomic E-state index is 0.469. The first-order valence-corrected chi connectivity index (χ1v) is 5.92. The number of ether oxygens (including phenoxy) is 1. The third kappa shape index (κ3) is 9.88. The summed E-state index contributed by atoms with van der Waals surface area (Å²) in [6.45, 7) is 7.36. The highest BCUT2D eigenvalue weighted by atomic mass is 16.5. The van der Waals surface area contributed by atoms with Gasteiger partial charge in [-0.2, -0.15) is 0 Å². The quantitative estimate of drug-likeness (QED) is 0.491. The molecule has 1 unspecified atom stereocenters. The van der Waals surface area contributed by atoms with Crippen LogP contribution in [-0.4, -0.2) is 12.7 Å². The summed E-state index contributed by atoms with van der Waals surface area (Å²) < 4.78 is 5.47. The summed E-state index contributed by atoms with van der Waals surface area (Å²) >= 11 is 0. The topological polar surface area (TPSA) is 9.23 Å². The van der Waals surface area contributed by atoms with Gasteiger partial charge in [0.25, 0.3) is 0 Å². The molecule has 0 aromatic rings. The van der Waals surface area contributed by atoms with Crippen molar-refractivity contribution < 1.29 is 4.74 Å². The maximum Gasteiger partial charge on any atom is 0.0546 e. The lowest BCUT2D eigenvalue weighted by Gasteiger charge is -2.10. The predicted molar refractivity (Wildman–Crippen MR) is 59.1 cm³/mol. The largest absolute Gasteiger partial charge is 0.379 e. The van der Waals surface area contributed by atoms with Gasteiger partial charge >= 0.3 is 0 Å². The van der Waals surface area contributed by atoms with E-state index in [0.717, 1.165) is 6.61 Å². The highest BCUT2D eigenvalue weighted by Gasteiger charge is 1.99. The molecule has 80 valence electrons. The zero-order chi connectivity index (χ0) is 9.94. The number of hydrogen-bond acceptors (Lipinski definition) is 1. The van der Waals surface area contributed by atoms with Crippen LogP contribution >= 0.6 is 0 Å². The fourth-order valence-corrected chi connectivity index (χ4v) is 1.58. The molecule has 0 rings (SSSR count). The second-order valence-corrected chi connectivity index (χ2v) is 3.82. The van der Waals surface area contributed by atoms with Crippen molar-refractivity contribution in [2.75, 3.05) is 6.61 Å². The summed E-state index contributed by atoms with van der Waals surface area (Å²) in [5, 5.41) is 0. The molecule has 1 atom stereocenters. The van der Waals surface area contributed by atoms with E-state index in [1.807, 2.05) is 0 Å². The molecule has 0 aliphatic carbocycles. The van der Waals surface area contributed by atoms with E-state index in [4.69, 9.17) is 4.74 Å². The van der Waals surface area contributed by atoms with Gasteiger partial charge in [0.05, 0.1) is 6.10 Å². The van der Waals surface area contributed by atoms with Crippen LogP contribution in [0.2, 0.25) is 0 Å². The smallest absolute Gasteiger partial charge is 0.0546 e. The molecule has 0 aromatic heterocycles. The molecule has 0 saturated heterocycles. The van der Waals surface area contributed by atoms with Gasteiger partial charge in [0.15, 0.2) is 0 Å². The second kappa shape index (κ2) is 10.0. The summed E-state index contributed by atoms with van der Waals surface area (Å²) in [4.78, 5) is 0. The van der Waals surface area contributed by atoms with E-state index in [-0.39, 0.29) is 0 Å². The molecule has 0 saturated carbocycles. The number of unbranched alkanes of at least 4 members (excludes halogenated alkanes) is 5. The van der Waals surface area contributed by atoms with Crippen molar-refractivity contribution in [3.05, 3.63) is 0 Å². The number of rotatable bonds is 9. The molecule has 0 bridgehead atoms. The van der Waals surface area contributed by atoms with Crippen LogP contribution in [-0.2, 0) is 4.74 Å². The lowest BCUT2D eigenvalue weighted by molar-refractivity contribution is 0.0683. The molecule has 0 N–H and O–H groups in total. The van der Waals surface area contributed by atoms with Crippen molar-refractivity contribution in [3.8, 4) is 0 Å². The molecule has 1 nitrogen and oxygen atoms in total. The Morgan fingerprint density at radius 3 is 2.15 bits per heavy atom. The average Bonchev–Trinajstić information content (AvgIpc) is 2.11. The lowest BCUT2D eigenvalue weighted by Crippen LogP contribution is -2.07. The van der Waals surface area contributed by atoms with E-state index < -0.39 is 0 Å². The molecule has 0 aliphatic rings. The third-order valence-corrected chi connectivity index (χ3v) is 2.42. The highest BCUT2D eigenvalue weighted by Crippen LogP contribution is 2.09. The van der Waals surface area contributed by atoms with Gasteiger partial charge in [0.2, 0.25) is 0 Å². The molecule has 0 amide bonds. The van der Waals surface area contributed by atoms with Crippen LogP contribution in [0.4, 0.5) is 0 Å². The van der Waals surface area contributed by atoms with E-state index in [9.17, 15) is 0 Å². The van der Waals surface area contributed by atoms with E-state index in [2.05, 4.69) is 20.8 Å². The van der Waals surface area contributed by atoms with Crippen LogP contribution in [0.15, 0.2) is 0 Å². The van der Waals surface area contributed by atoms with Crippen LogP contribution < -0.4 is 0 Å². The van der Waals surface area contributed by atoms with Crippen LogP contribution in [0.3, 0.4) is 0 Å². The summed E-state index contributed by atoms with van der Waals surface area (Å²) in [6, 6.07) is 0. The van der Waals surface area contributed by atoms with Gasteiger partial charge in [0, 0.05) is 6.61 Å². The van der Waals surface area contributed by atoms with Crippen molar-refractivity contribution in [1.29, 1.82) is 0 Å². The Morgan fingerprint density at radius 1 is 0.923 bits per heavy atom. The molecule has 0 spiro atoms. The van der Waals surface area contributed by atoms with Crippen LogP contribution in [0.25, 0.3) is 0 Å². The van der Waals surface area contributed by atoms with E-state index in [1.165, 1.54) is 44.9 Å². The SMILES string of the molecule is CCCCCCCCC(C)OCC. The van der Waals surface area contributed by atoms with Crippen LogP contribution in [0.1, 0.15) is 65.7 Å². The Balaban J connectivity index is 2.97. The maximum atomic E-state index is 5.47. The zero-order valence-corrected chi connectivity index (χ0v) is 9.64. The minimum absolute atomic E-state index is 0.469. The number of hydrogen-bond donors (Lipinski definition) is 0. The molecular formula is C12H26O. The first kappa shape index (κ1) is 13.0.